The van der Waals surface area contributed by atoms with Gasteiger partial charge in [-0.2, -0.15) is 0 Å². The molecule has 6 atom stereocenters. The number of hydrogen-bond acceptors (Lipinski definition) is 11. The van der Waals surface area contributed by atoms with Crippen LogP contribution in [0.2, 0.25) is 0 Å². The number of nitrogens with zero attached hydrogens (tertiary/aromatic N) is 2. The van der Waals surface area contributed by atoms with Gasteiger partial charge in [0.05, 0.1) is 38.1 Å². The summed E-state index contributed by atoms with van der Waals surface area (Å²) in [7, 11) is 1.53. The van der Waals surface area contributed by atoms with Crippen LogP contribution in [0.3, 0.4) is 0 Å². The minimum atomic E-state index is -1.42. The molecule has 2 aliphatic carbocycles. The molecular weight excluding hydrogens is 827 g/mol. The molecule has 13 heteroatoms. The lowest BCUT2D eigenvalue weighted by atomic mass is 9.55. The maximum Gasteiger partial charge on any atom is 0.412 e. The molecule has 1 aliphatic heterocycles. The summed E-state index contributed by atoms with van der Waals surface area (Å²) in [6, 6.07) is 14.4. The highest BCUT2D eigenvalue weighted by Crippen LogP contribution is 2.62. The van der Waals surface area contributed by atoms with Gasteiger partial charge in [0.2, 0.25) is 11.7 Å². The second-order valence-corrected chi connectivity index (χ2v) is 17.7. The lowest BCUT2D eigenvalue weighted by molar-refractivity contribution is -0.258. The number of aliphatic hydroxyl groups is 3. The average Bonchev–Trinajstić information content (AvgIpc) is 3.31. The van der Waals surface area contributed by atoms with Crippen molar-refractivity contribution in [3.63, 3.8) is 0 Å². The van der Waals surface area contributed by atoms with Crippen LogP contribution in [0.1, 0.15) is 133 Å². The van der Waals surface area contributed by atoms with Gasteiger partial charge in [-0.3, -0.25) is 4.79 Å². The van der Waals surface area contributed by atoms with E-state index in [0.29, 0.717) is 43.0 Å². The number of benzene rings is 2. The van der Waals surface area contributed by atoms with Crippen LogP contribution in [-0.4, -0.2) is 103 Å². The Morgan fingerprint density at radius 1 is 0.908 bits per heavy atom. The van der Waals surface area contributed by atoms with Gasteiger partial charge in [-0.05, 0) is 73.3 Å². The van der Waals surface area contributed by atoms with Crippen molar-refractivity contribution >= 4 is 17.7 Å². The SMILES string of the molecule is C=CCOC12Oc3ccc(OC(=O)NCc4ccccc4)cc3C3C(CCCCO)C(CCCCO)C=C(C(=NOC)CC1N(CCOCCO)C(=O)CCCCCCCCCCC)C32. The summed E-state index contributed by atoms with van der Waals surface area (Å²) in [5.74, 6) is -1.26. The molecule has 0 saturated heterocycles. The van der Waals surface area contributed by atoms with Gasteiger partial charge in [-0.25, -0.2) is 4.79 Å². The standard InChI is InChI=1S/C52H77N3O10/c1-4-6-7-8-9-10-11-12-16-25-48(59)55(28-33-62-34-31-58)47-37-45(54-61-3)43-35-40(23-17-19-29-56)42(24-18-20-30-57)49-44-36-41(64-51(60)53-38-39-21-14-13-15-22-39)26-27-46(44)65-52(47,50(43)49)63-32-5-2/h5,13-15,21-22,26-27,35-36,40,42,47,49-50,56-58H,2,4,6-12,16-20,23-25,28-34,37-38H2,1,3H3,(H,53,60). The highest BCUT2D eigenvalue weighted by molar-refractivity contribution is 6.03. The molecule has 6 unspecified atom stereocenters. The minimum Gasteiger partial charge on any atom is -0.459 e. The molecule has 2 aromatic carbocycles. The van der Waals surface area contributed by atoms with Gasteiger partial charge in [0.25, 0.3) is 0 Å². The molecule has 1 saturated carbocycles. The van der Waals surface area contributed by atoms with E-state index in [2.05, 4.69) is 30.1 Å². The Morgan fingerprint density at radius 2 is 1.63 bits per heavy atom. The van der Waals surface area contributed by atoms with Crippen LogP contribution >= 0.6 is 0 Å². The number of hydrogen-bond donors (Lipinski definition) is 4. The summed E-state index contributed by atoms with van der Waals surface area (Å²) in [6.07, 6.45) is 18.7. The number of amides is 2. The number of fused-ring (bicyclic) bond motifs is 2. The molecule has 0 radical (unpaired) electrons. The number of unbranched alkanes of at least 4 members (excludes halogenated alkanes) is 10. The fourth-order valence-corrected chi connectivity index (χ4v) is 10.2. The molecular formula is C52H77N3O10. The van der Waals surface area contributed by atoms with Gasteiger partial charge < -0.3 is 49.3 Å². The third kappa shape index (κ3) is 14.4. The molecule has 2 amide bonds. The normalized spacial score (nSPS) is 22.6. The van der Waals surface area contributed by atoms with Crippen LogP contribution in [-0.2, 0) is 25.7 Å². The zero-order chi connectivity index (χ0) is 46.3. The maximum atomic E-state index is 14.8. The van der Waals surface area contributed by atoms with Crippen molar-refractivity contribution in [3.8, 4) is 11.5 Å². The van der Waals surface area contributed by atoms with Crippen molar-refractivity contribution in [2.45, 2.75) is 140 Å². The molecule has 5 rings (SSSR count). The van der Waals surface area contributed by atoms with Crippen molar-refractivity contribution in [2.75, 3.05) is 53.3 Å². The Bertz CT molecular complexity index is 1810. The summed E-state index contributed by atoms with van der Waals surface area (Å²) in [4.78, 5) is 35.5. The van der Waals surface area contributed by atoms with E-state index in [1.807, 2.05) is 47.4 Å². The molecule has 360 valence electrons. The highest BCUT2D eigenvalue weighted by Gasteiger charge is 2.65. The van der Waals surface area contributed by atoms with E-state index in [-0.39, 0.29) is 76.3 Å². The molecule has 3 aliphatic rings. The van der Waals surface area contributed by atoms with E-state index >= 15 is 0 Å². The van der Waals surface area contributed by atoms with Crippen LogP contribution < -0.4 is 14.8 Å². The number of nitrogens with one attached hydrogen (secondary N) is 1. The molecule has 13 nitrogen and oxygen atoms in total. The Balaban J connectivity index is 1.59. The first kappa shape index (κ1) is 51.7. The molecule has 65 heavy (non-hydrogen) atoms. The van der Waals surface area contributed by atoms with Gasteiger partial charge >= 0.3 is 6.09 Å². The van der Waals surface area contributed by atoms with E-state index in [1.54, 1.807) is 12.1 Å². The summed E-state index contributed by atoms with van der Waals surface area (Å²) < 4.78 is 26.2. The lowest BCUT2D eigenvalue weighted by Crippen LogP contribution is -2.70. The first-order valence-electron chi connectivity index (χ1n) is 24.4. The quantitative estimate of drug-likeness (QED) is 0.0326. The molecule has 0 aromatic heterocycles. The van der Waals surface area contributed by atoms with Gasteiger partial charge in [0, 0.05) is 50.6 Å². The maximum absolute atomic E-state index is 14.8. The summed E-state index contributed by atoms with van der Waals surface area (Å²) in [6.45, 7) is 7.31. The van der Waals surface area contributed by atoms with Crippen molar-refractivity contribution < 1.29 is 48.7 Å². The van der Waals surface area contributed by atoms with E-state index in [4.69, 9.17) is 23.8 Å². The van der Waals surface area contributed by atoms with Gasteiger partial charge in [0.15, 0.2) is 0 Å². The topological polar surface area (TPSA) is 169 Å². The summed E-state index contributed by atoms with van der Waals surface area (Å²) in [5.41, 5.74) is 3.41. The van der Waals surface area contributed by atoms with Crippen molar-refractivity contribution in [2.24, 2.45) is 22.9 Å². The smallest absolute Gasteiger partial charge is 0.412 e. The Hall–Kier alpha value is -4.27. The first-order chi connectivity index (χ1) is 31.8. The predicted octanol–water partition coefficient (Wildman–Crippen LogP) is 9.00. The molecule has 1 heterocycles. The number of allylic oxidation sites excluding steroid dienone is 1. The van der Waals surface area contributed by atoms with E-state index in [9.17, 15) is 24.9 Å². The third-order valence-electron chi connectivity index (χ3n) is 13.2. The number of oxime groups is 1. The van der Waals surface area contributed by atoms with Crippen LogP contribution in [0, 0.1) is 17.8 Å². The predicted molar refractivity (Wildman–Crippen MR) is 253 cm³/mol. The van der Waals surface area contributed by atoms with Crippen LogP contribution in [0.4, 0.5) is 4.79 Å². The summed E-state index contributed by atoms with van der Waals surface area (Å²) in [5, 5.41) is 37.0. The van der Waals surface area contributed by atoms with Crippen LogP contribution in [0.25, 0.3) is 0 Å². The number of rotatable bonds is 31. The zero-order valence-electron chi connectivity index (χ0n) is 39.1. The lowest BCUT2D eigenvalue weighted by Gasteiger charge is -2.60. The van der Waals surface area contributed by atoms with Crippen LogP contribution in [0.15, 0.2) is 78.0 Å². The molecule has 1 fully saturated rings. The number of carbonyl (C=O) groups is 2. The fourth-order valence-electron chi connectivity index (χ4n) is 10.2. The zero-order valence-corrected chi connectivity index (χ0v) is 39.1. The Morgan fingerprint density at radius 3 is 2.32 bits per heavy atom. The largest absolute Gasteiger partial charge is 0.459 e. The fraction of sp³-hybridized carbons (Fsp3) is 0.635. The molecule has 0 bridgehead atoms. The van der Waals surface area contributed by atoms with Crippen molar-refractivity contribution in [3.05, 3.63) is 84.0 Å². The molecule has 0 spiro atoms. The van der Waals surface area contributed by atoms with Crippen LogP contribution in [0.5, 0.6) is 11.5 Å². The number of aliphatic hydroxyl groups excluding tert-OH is 3. The Kier molecular flexibility index (Phi) is 22.3. The number of ether oxygens (including phenoxy) is 4. The number of carbonyl (C=O) groups excluding carboxylic acids is 2. The van der Waals surface area contributed by atoms with E-state index in [0.717, 1.165) is 68.1 Å². The molecule has 2 aromatic rings. The average molecular weight is 904 g/mol. The molecule has 4 N–H and O–H groups in total. The minimum absolute atomic E-state index is 0.00654. The summed E-state index contributed by atoms with van der Waals surface area (Å²) >= 11 is 0. The first-order valence-corrected chi connectivity index (χ1v) is 24.4. The third-order valence-corrected chi connectivity index (χ3v) is 13.2. The van der Waals surface area contributed by atoms with Gasteiger partial charge in [-0.15, -0.1) is 6.58 Å². The van der Waals surface area contributed by atoms with Gasteiger partial charge in [0.1, 0.15) is 24.7 Å². The van der Waals surface area contributed by atoms with Crippen molar-refractivity contribution in [1.82, 2.24) is 10.2 Å². The second-order valence-electron chi connectivity index (χ2n) is 17.7. The van der Waals surface area contributed by atoms with E-state index < -0.39 is 23.8 Å². The second kappa shape index (κ2) is 28.0. The Labute approximate surface area is 387 Å². The van der Waals surface area contributed by atoms with Crippen molar-refractivity contribution in [1.29, 1.82) is 0 Å². The highest BCUT2D eigenvalue weighted by atomic mass is 16.7. The van der Waals surface area contributed by atoms with Gasteiger partial charge in [-0.1, -0.05) is 119 Å². The van der Waals surface area contributed by atoms with E-state index in [1.165, 1.54) is 39.2 Å². The monoisotopic (exact) mass is 904 g/mol.